The van der Waals surface area contributed by atoms with E-state index in [0.717, 1.165) is 35.3 Å². The molecule has 0 bridgehead atoms. The summed E-state index contributed by atoms with van der Waals surface area (Å²) in [5, 5.41) is 6.62. The number of ether oxygens (including phenoxy) is 2. The van der Waals surface area contributed by atoms with Crippen LogP contribution in [0.3, 0.4) is 0 Å². The normalized spacial score (nSPS) is 17.4. The lowest BCUT2D eigenvalue weighted by molar-refractivity contribution is 0.0197. The molecule has 4 heterocycles. The number of rotatable bonds is 3. The second kappa shape index (κ2) is 7.91. The number of aromatic nitrogens is 3. The Labute approximate surface area is 180 Å². The van der Waals surface area contributed by atoms with Crippen LogP contribution in [0.2, 0.25) is 0 Å². The van der Waals surface area contributed by atoms with Crippen molar-refractivity contribution in [3.8, 4) is 17.0 Å². The highest BCUT2D eigenvalue weighted by molar-refractivity contribution is 7.10. The fourth-order valence-corrected chi connectivity index (χ4v) is 4.51. The van der Waals surface area contributed by atoms with Gasteiger partial charge in [0, 0.05) is 35.5 Å². The van der Waals surface area contributed by atoms with Crippen molar-refractivity contribution in [2.24, 2.45) is 0 Å². The zero-order chi connectivity index (χ0) is 21.5. The van der Waals surface area contributed by atoms with E-state index in [9.17, 15) is 4.79 Å². The molecule has 1 saturated heterocycles. The van der Waals surface area contributed by atoms with Crippen LogP contribution in [0.1, 0.15) is 50.1 Å². The van der Waals surface area contributed by atoms with Crippen LogP contribution in [0.25, 0.3) is 16.8 Å². The second-order valence-corrected chi connectivity index (χ2v) is 9.84. The van der Waals surface area contributed by atoms with Gasteiger partial charge >= 0.3 is 6.09 Å². The molecule has 1 amide bonds. The number of carbonyl (C=O) groups excluding carboxylic acids is 1. The molecule has 1 unspecified atom stereocenters. The average molecular weight is 429 g/mol. The van der Waals surface area contributed by atoms with Crippen molar-refractivity contribution in [3.63, 3.8) is 0 Å². The molecule has 0 radical (unpaired) electrons. The Morgan fingerprint density at radius 3 is 2.77 bits per heavy atom. The maximum absolute atomic E-state index is 12.6. The summed E-state index contributed by atoms with van der Waals surface area (Å²) >= 11 is 1.71. The smallest absolute Gasteiger partial charge is 0.410 e. The summed E-state index contributed by atoms with van der Waals surface area (Å²) in [7, 11) is 1.64. The molecule has 4 rings (SSSR count). The second-order valence-electron chi connectivity index (χ2n) is 8.73. The van der Waals surface area contributed by atoms with Crippen molar-refractivity contribution in [1.82, 2.24) is 19.5 Å². The molecule has 7 nitrogen and oxygen atoms in total. The maximum Gasteiger partial charge on any atom is 0.410 e. The predicted molar refractivity (Wildman–Crippen MR) is 117 cm³/mol. The molecule has 1 aliphatic heterocycles. The number of methoxy groups -OCH3 is 1. The van der Waals surface area contributed by atoms with Crippen molar-refractivity contribution in [3.05, 3.63) is 34.3 Å². The van der Waals surface area contributed by atoms with Crippen LogP contribution in [0.4, 0.5) is 4.79 Å². The molecule has 30 heavy (non-hydrogen) atoms. The van der Waals surface area contributed by atoms with E-state index in [0.29, 0.717) is 19.0 Å². The number of hydrogen-bond donors (Lipinski definition) is 0. The molecule has 0 aromatic carbocycles. The number of fused-ring (bicyclic) bond motifs is 1. The van der Waals surface area contributed by atoms with Gasteiger partial charge in [0.1, 0.15) is 5.60 Å². The maximum atomic E-state index is 12.6. The van der Waals surface area contributed by atoms with Gasteiger partial charge in [-0.05, 0) is 57.5 Å². The Balaban J connectivity index is 1.67. The van der Waals surface area contributed by atoms with Gasteiger partial charge in [-0.25, -0.2) is 9.78 Å². The predicted octanol–water partition coefficient (Wildman–Crippen LogP) is 4.89. The van der Waals surface area contributed by atoms with Crippen LogP contribution in [0, 0.1) is 6.92 Å². The molecule has 1 atom stereocenters. The molecule has 3 aromatic heterocycles. The lowest BCUT2D eigenvalue weighted by atomic mass is 9.94. The van der Waals surface area contributed by atoms with E-state index in [-0.39, 0.29) is 12.0 Å². The molecule has 0 saturated carbocycles. The summed E-state index contributed by atoms with van der Waals surface area (Å²) in [5.74, 6) is 0.764. The third-order valence-electron chi connectivity index (χ3n) is 5.20. The number of thiophene rings is 1. The first kappa shape index (κ1) is 20.7. The van der Waals surface area contributed by atoms with Crippen LogP contribution in [-0.4, -0.2) is 51.4 Å². The minimum atomic E-state index is -0.504. The van der Waals surface area contributed by atoms with E-state index < -0.39 is 5.60 Å². The lowest BCUT2D eigenvalue weighted by Gasteiger charge is -2.34. The highest BCUT2D eigenvalue weighted by Gasteiger charge is 2.30. The van der Waals surface area contributed by atoms with Crippen molar-refractivity contribution in [2.45, 2.75) is 52.1 Å². The minimum absolute atomic E-state index is 0.122. The molecule has 0 spiro atoms. The van der Waals surface area contributed by atoms with Gasteiger partial charge in [-0.3, -0.25) is 0 Å². The van der Waals surface area contributed by atoms with Crippen molar-refractivity contribution in [2.75, 3.05) is 20.2 Å². The highest BCUT2D eigenvalue weighted by atomic mass is 32.1. The van der Waals surface area contributed by atoms with Gasteiger partial charge in [0.15, 0.2) is 5.65 Å². The molecule has 0 N–H and O–H groups in total. The Kier molecular flexibility index (Phi) is 5.44. The Bertz CT molecular complexity index is 1070. The van der Waals surface area contributed by atoms with Crippen molar-refractivity contribution >= 4 is 23.1 Å². The molecular weight excluding hydrogens is 400 g/mol. The lowest BCUT2D eigenvalue weighted by Crippen LogP contribution is -2.42. The SMILES string of the molecule is COc1cc(C2CCCN(C(=O)OC(C)(C)C)C2)nc2c(-c3csc(C)c3)cnn12. The third kappa shape index (κ3) is 4.14. The number of amides is 1. The number of likely N-dealkylation sites (tertiary alicyclic amines) is 1. The number of carbonyl (C=O) groups is 1. The summed E-state index contributed by atoms with van der Waals surface area (Å²) < 4.78 is 12.9. The fraction of sp³-hybridized carbons (Fsp3) is 0.500. The van der Waals surface area contributed by atoms with Gasteiger partial charge in [0.25, 0.3) is 0 Å². The van der Waals surface area contributed by atoms with Gasteiger partial charge in [0.2, 0.25) is 5.88 Å². The van der Waals surface area contributed by atoms with E-state index in [1.165, 1.54) is 4.88 Å². The van der Waals surface area contributed by atoms with Crippen LogP contribution in [0.15, 0.2) is 23.7 Å². The van der Waals surface area contributed by atoms with Crippen LogP contribution >= 0.6 is 11.3 Å². The van der Waals surface area contributed by atoms with Crippen LogP contribution in [0.5, 0.6) is 5.88 Å². The van der Waals surface area contributed by atoms with E-state index in [1.807, 2.05) is 33.0 Å². The zero-order valence-electron chi connectivity index (χ0n) is 18.1. The first-order chi connectivity index (χ1) is 14.2. The monoisotopic (exact) mass is 428 g/mol. The number of nitrogens with zero attached hydrogens (tertiary/aromatic N) is 4. The van der Waals surface area contributed by atoms with E-state index in [2.05, 4.69) is 23.5 Å². The van der Waals surface area contributed by atoms with Gasteiger partial charge in [0.05, 0.1) is 19.0 Å². The van der Waals surface area contributed by atoms with Crippen molar-refractivity contribution in [1.29, 1.82) is 0 Å². The first-order valence-corrected chi connectivity index (χ1v) is 11.1. The average Bonchev–Trinajstić information content (AvgIpc) is 3.31. The molecule has 3 aromatic rings. The van der Waals surface area contributed by atoms with E-state index >= 15 is 0 Å². The van der Waals surface area contributed by atoms with E-state index in [4.69, 9.17) is 14.5 Å². The molecule has 160 valence electrons. The largest absolute Gasteiger partial charge is 0.481 e. The van der Waals surface area contributed by atoms with Gasteiger partial charge < -0.3 is 14.4 Å². The standard InChI is InChI=1S/C22H28N4O3S/c1-14-9-16(13-30-14)17-11-23-26-19(28-5)10-18(24-20(17)26)15-7-6-8-25(12-15)21(27)29-22(2,3)4/h9-11,13,15H,6-8,12H2,1-5H3. The van der Waals surface area contributed by atoms with Crippen molar-refractivity contribution < 1.29 is 14.3 Å². The number of aryl methyl sites for hydroxylation is 1. The first-order valence-electron chi connectivity index (χ1n) is 10.2. The molecule has 1 fully saturated rings. The number of hydrogen-bond acceptors (Lipinski definition) is 6. The van der Waals surface area contributed by atoms with E-state index in [1.54, 1.807) is 27.9 Å². The number of piperidine rings is 1. The van der Waals surface area contributed by atoms with Crippen LogP contribution < -0.4 is 4.74 Å². The molecule has 0 aliphatic carbocycles. The minimum Gasteiger partial charge on any atom is -0.481 e. The molecular formula is C22H28N4O3S. The summed E-state index contributed by atoms with van der Waals surface area (Å²) in [4.78, 5) is 20.6. The summed E-state index contributed by atoms with van der Waals surface area (Å²) in [6, 6.07) is 4.08. The van der Waals surface area contributed by atoms with Gasteiger partial charge in [-0.15, -0.1) is 11.3 Å². The Morgan fingerprint density at radius 1 is 1.30 bits per heavy atom. The van der Waals surface area contributed by atoms with Gasteiger partial charge in [-0.2, -0.15) is 9.61 Å². The third-order valence-corrected chi connectivity index (χ3v) is 6.06. The van der Waals surface area contributed by atoms with Gasteiger partial charge in [-0.1, -0.05) is 0 Å². The summed E-state index contributed by atoms with van der Waals surface area (Å²) in [6.07, 6.45) is 3.45. The molecule has 1 aliphatic rings. The highest BCUT2D eigenvalue weighted by Crippen LogP contribution is 2.33. The quantitative estimate of drug-likeness (QED) is 0.594. The topological polar surface area (TPSA) is 69.0 Å². The zero-order valence-corrected chi connectivity index (χ0v) is 19.0. The summed E-state index contributed by atoms with van der Waals surface area (Å²) in [5.41, 5.74) is 3.28. The summed E-state index contributed by atoms with van der Waals surface area (Å²) in [6.45, 7) is 9.05. The Morgan fingerprint density at radius 2 is 2.10 bits per heavy atom. The fourth-order valence-electron chi connectivity index (χ4n) is 3.81. The Hall–Kier alpha value is -2.61. The van der Waals surface area contributed by atoms with Crippen LogP contribution in [-0.2, 0) is 4.74 Å². The molecule has 8 heteroatoms.